The van der Waals surface area contributed by atoms with E-state index in [0.717, 1.165) is 11.5 Å². The Kier molecular flexibility index (Phi) is 8.47. The van der Waals surface area contributed by atoms with Gasteiger partial charge in [-0.15, -0.1) is 11.3 Å². The number of likely N-dealkylation sites (N-methyl/N-ethyl adjacent to an activating group) is 2. The van der Waals surface area contributed by atoms with Gasteiger partial charge in [0.1, 0.15) is 11.9 Å². The molecule has 2 amide bonds. The van der Waals surface area contributed by atoms with E-state index in [1.54, 1.807) is 33.2 Å². The quantitative estimate of drug-likeness (QED) is 0.521. The first-order chi connectivity index (χ1) is 16.0. The van der Waals surface area contributed by atoms with E-state index in [1.165, 1.54) is 33.3 Å². The van der Waals surface area contributed by atoms with Crippen LogP contribution in [0.3, 0.4) is 0 Å². The molecule has 0 bridgehead atoms. The maximum atomic E-state index is 14.8. The van der Waals surface area contributed by atoms with Crippen molar-refractivity contribution < 1.29 is 22.4 Å². The van der Waals surface area contributed by atoms with Gasteiger partial charge in [0.25, 0.3) is 5.91 Å². The minimum Gasteiger partial charge on any atom is -0.340 e. The topological polar surface area (TPSA) is 98.8 Å². The molecule has 2 heterocycles. The molecular formula is C22H26ClFN4O4S2. The van der Waals surface area contributed by atoms with Crippen LogP contribution in [-0.4, -0.2) is 64.9 Å². The third-order valence-electron chi connectivity index (χ3n) is 5.34. The van der Waals surface area contributed by atoms with E-state index in [4.69, 9.17) is 11.6 Å². The second-order valence-corrected chi connectivity index (χ2v) is 11.2. The molecule has 2 N–H and O–H groups in total. The van der Waals surface area contributed by atoms with Crippen molar-refractivity contribution in [2.75, 3.05) is 38.6 Å². The highest BCUT2D eigenvalue weighted by atomic mass is 35.5. The van der Waals surface area contributed by atoms with Gasteiger partial charge >= 0.3 is 0 Å². The highest BCUT2D eigenvalue weighted by Gasteiger charge is 2.36. The molecule has 34 heavy (non-hydrogen) atoms. The molecule has 0 spiro atoms. The summed E-state index contributed by atoms with van der Waals surface area (Å²) in [6.07, 6.45) is 0.183. The molecule has 1 aromatic carbocycles. The summed E-state index contributed by atoms with van der Waals surface area (Å²) in [6.45, 7) is 2.83. The van der Waals surface area contributed by atoms with Crippen LogP contribution in [0.2, 0.25) is 4.34 Å². The summed E-state index contributed by atoms with van der Waals surface area (Å²) in [5.41, 5.74) is 0.650. The number of rotatable bonds is 9. The van der Waals surface area contributed by atoms with Crippen LogP contribution in [0.25, 0.3) is 5.57 Å². The third kappa shape index (κ3) is 6.22. The molecule has 1 aliphatic rings. The van der Waals surface area contributed by atoms with E-state index in [-0.39, 0.29) is 30.1 Å². The summed E-state index contributed by atoms with van der Waals surface area (Å²) in [5, 5.41) is 3.99. The molecule has 1 unspecified atom stereocenters. The zero-order valence-electron chi connectivity index (χ0n) is 19.0. The molecule has 1 aliphatic heterocycles. The fourth-order valence-corrected chi connectivity index (χ4v) is 5.90. The fraction of sp³-hybridized carbons (Fsp3) is 0.364. The highest BCUT2D eigenvalue weighted by Crippen LogP contribution is 2.29. The van der Waals surface area contributed by atoms with E-state index in [9.17, 15) is 22.4 Å². The number of sulfonamides is 1. The normalized spacial score (nSPS) is 16.9. The number of carbonyl (C=O) groups is 2. The van der Waals surface area contributed by atoms with Gasteiger partial charge in [0.2, 0.25) is 15.9 Å². The molecule has 3 rings (SSSR count). The van der Waals surface area contributed by atoms with E-state index < -0.39 is 27.8 Å². The van der Waals surface area contributed by atoms with E-state index in [2.05, 4.69) is 10.0 Å². The summed E-state index contributed by atoms with van der Waals surface area (Å²) < 4.78 is 42.9. The van der Waals surface area contributed by atoms with Gasteiger partial charge in [0.05, 0.1) is 15.4 Å². The molecule has 1 aromatic heterocycles. The van der Waals surface area contributed by atoms with Gasteiger partial charge in [-0.1, -0.05) is 11.6 Å². The van der Waals surface area contributed by atoms with Gasteiger partial charge in [0.15, 0.2) is 0 Å². The maximum Gasteiger partial charge on any atom is 0.253 e. The van der Waals surface area contributed by atoms with Gasteiger partial charge in [-0.3, -0.25) is 9.59 Å². The Balaban J connectivity index is 1.70. The Morgan fingerprint density at radius 2 is 2.09 bits per heavy atom. The lowest BCUT2D eigenvalue weighted by molar-refractivity contribution is -0.118. The standard InChI is InChI=1S/C22H26ClFN4O4S2/c1-14(19-6-7-20(23)33-19)13-34(31,32)26-17-8-10-28(22(17)30)18-5-4-15(12-16(18)24)21(29)27(3)11-9-25-2/h4-7,12-13,17,25-26H,8-11H2,1-3H3/b14-13-. The van der Waals surface area contributed by atoms with Crippen molar-refractivity contribution in [1.82, 2.24) is 14.9 Å². The largest absolute Gasteiger partial charge is 0.340 e. The third-order valence-corrected chi connectivity index (χ3v) is 7.98. The SMILES string of the molecule is CNCCN(C)C(=O)c1ccc(N2CCC(NS(=O)(=O)/C=C(/C)c3ccc(Cl)s3)C2=O)c(F)c1. The van der Waals surface area contributed by atoms with Gasteiger partial charge in [-0.25, -0.2) is 12.8 Å². The minimum atomic E-state index is -3.93. The molecule has 1 atom stereocenters. The first-order valence-electron chi connectivity index (χ1n) is 10.5. The number of nitrogens with one attached hydrogen (secondary N) is 2. The molecule has 12 heteroatoms. The summed E-state index contributed by atoms with van der Waals surface area (Å²) in [4.78, 5) is 28.7. The predicted molar refractivity (Wildman–Crippen MR) is 133 cm³/mol. The number of anilines is 1. The van der Waals surface area contributed by atoms with Gasteiger partial charge in [0, 0.05) is 37.1 Å². The Morgan fingerprint density at radius 1 is 1.35 bits per heavy atom. The maximum absolute atomic E-state index is 14.8. The van der Waals surface area contributed by atoms with Crippen molar-refractivity contribution >= 4 is 56.0 Å². The Hall–Kier alpha value is -2.31. The van der Waals surface area contributed by atoms with Crippen LogP contribution >= 0.6 is 22.9 Å². The zero-order valence-corrected chi connectivity index (χ0v) is 21.4. The van der Waals surface area contributed by atoms with Crippen molar-refractivity contribution in [2.45, 2.75) is 19.4 Å². The Morgan fingerprint density at radius 3 is 2.71 bits per heavy atom. The molecule has 0 radical (unpaired) electrons. The Labute approximate surface area is 207 Å². The molecule has 2 aromatic rings. The smallest absolute Gasteiger partial charge is 0.253 e. The lowest BCUT2D eigenvalue weighted by atomic mass is 10.1. The van der Waals surface area contributed by atoms with Crippen LogP contribution < -0.4 is 14.9 Å². The highest BCUT2D eigenvalue weighted by molar-refractivity contribution is 7.92. The molecular weight excluding hydrogens is 503 g/mol. The average Bonchev–Trinajstić information content (AvgIpc) is 3.37. The van der Waals surface area contributed by atoms with Crippen LogP contribution in [0, 0.1) is 5.82 Å². The Bertz CT molecular complexity index is 1220. The monoisotopic (exact) mass is 528 g/mol. The number of allylic oxidation sites excluding steroid dienone is 1. The van der Waals surface area contributed by atoms with E-state index in [1.807, 2.05) is 0 Å². The van der Waals surface area contributed by atoms with E-state index in [0.29, 0.717) is 27.9 Å². The molecule has 1 fully saturated rings. The number of benzene rings is 1. The number of nitrogens with zero attached hydrogens (tertiary/aromatic N) is 2. The second-order valence-electron chi connectivity index (χ2n) is 7.90. The van der Waals surface area contributed by atoms with Crippen LogP contribution in [0.5, 0.6) is 0 Å². The van der Waals surface area contributed by atoms with Crippen LogP contribution in [0.1, 0.15) is 28.6 Å². The first kappa shape index (κ1) is 26.3. The molecule has 0 aliphatic carbocycles. The van der Waals surface area contributed by atoms with Crippen LogP contribution in [0.15, 0.2) is 35.7 Å². The summed E-state index contributed by atoms with van der Waals surface area (Å²) in [7, 11) is -0.543. The number of thiophene rings is 1. The van der Waals surface area contributed by atoms with Crippen molar-refractivity contribution in [1.29, 1.82) is 0 Å². The van der Waals surface area contributed by atoms with Crippen molar-refractivity contribution in [2.24, 2.45) is 0 Å². The summed E-state index contributed by atoms with van der Waals surface area (Å²) >= 11 is 7.15. The fourth-order valence-electron chi connectivity index (χ4n) is 3.54. The molecule has 1 saturated heterocycles. The average molecular weight is 529 g/mol. The minimum absolute atomic E-state index is 0.000996. The summed E-state index contributed by atoms with van der Waals surface area (Å²) in [5.74, 6) is -1.62. The van der Waals surface area contributed by atoms with E-state index >= 15 is 0 Å². The van der Waals surface area contributed by atoms with Crippen molar-refractivity contribution in [3.05, 3.63) is 56.3 Å². The first-order valence-corrected chi connectivity index (χ1v) is 13.2. The van der Waals surface area contributed by atoms with Crippen LogP contribution in [0.4, 0.5) is 10.1 Å². The van der Waals surface area contributed by atoms with Crippen molar-refractivity contribution in [3.8, 4) is 0 Å². The van der Waals surface area contributed by atoms with Gasteiger partial charge < -0.3 is 15.1 Å². The van der Waals surface area contributed by atoms with Crippen molar-refractivity contribution in [3.63, 3.8) is 0 Å². The number of amides is 2. The number of carbonyl (C=O) groups excluding carboxylic acids is 2. The summed E-state index contributed by atoms with van der Waals surface area (Å²) in [6, 6.07) is 6.29. The van der Waals surface area contributed by atoms with Gasteiger partial charge in [-0.2, -0.15) is 4.72 Å². The lowest BCUT2D eigenvalue weighted by Crippen LogP contribution is -2.41. The zero-order chi connectivity index (χ0) is 25.0. The van der Waals surface area contributed by atoms with Gasteiger partial charge in [-0.05, 0) is 56.3 Å². The number of hydrogen-bond donors (Lipinski definition) is 2. The van der Waals surface area contributed by atoms with Crippen LogP contribution in [-0.2, 0) is 14.8 Å². The molecule has 8 nitrogen and oxygen atoms in total. The second kappa shape index (κ2) is 11.0. The molecule has 0 saturated carbocycles. The predicted octanol–water partition coefficient (Wildman–Crippen LogP) is 2.92. The number of hydrogen-bond acceptors (Lipinski definition) is 6. The number of halogens is 2. The molecule has 184 valence electrons. The lowest BCUT2D eigenvalue weighted by Gasteiger charge is -2.20.